The van der Waals surface area contributed by atoms with Crippen LogP contribution in [0, 0.1) is 25.2 Å². The fourth-order valence-corrected chi connectivity index (χ4v) is 2.50. The van der Waals surface area contributed by atoms with Gasteiger partial charge in [0.05, 0.1) is 0 Å². The molecule has 27 heavy (non-hydrogen) atoms. The lowest BCUT2D eigenvalue weighted by atomic mass is 10.1. The van der Waals surface area contributed by atoms with E-state index in [1.54, 1.807) is 19.9 Å². The number of nitrogens with one attached hydrogen (secondary N) is 2. The summed E-state index contributed by atoms with van der Waals surface area (Å²) in [6, 6.07) is 2.87. The zero-order valence-corrected chi connectivity index (χ0v) is 16.4. The Morgan fingerprint density at radius 3 is 2.56 bits per heavy atom. The van der Waals surface area contributed by atoms with Crippen LogP contribution in [0.3, 0.4) is 0 Å². The summed E-state index contributed by atoms with van der Waals surface area (Å²) in [5.41, 5.74) is 2.50. The number of nitriles is 1. The zero-order chi connectivity index (χ0) is 20.6. The second kappa shape index (κ2) is 10.2. The molecule has 1 aromatic rings. The van der Waals surface area contributed by atoms with Crippen molar-refractivity contribution in [2.45, 2.75) is 53.6 Å². The van der Waals surface area contributed by atoms with Gasteiger partial charge in [0.1, 0.15) is 11.6 Å². The SMILES string of the molecule is CCCn1c(C)cc(C=C(C#N)C(=O)OCC(=O)NC(=O)NC(C)C)c1C. The summed E-state index contributed by atoms with van der Waals surface area (Å²) in [6.07, 6.45) is 2.41. The van der Waals surface area contributed by atoms with Crippen molar-refractivity contribution in [3.8, 4) is 6.07 Å². The predicted molar refractivity (Wildman–Crippen MR) is 101 cm³/mol. The molecular formula is C19H26N4O4. The van der Waals surface area contributed by atoms with Gasteiger partial charge in [-0.25, -0.2) is 9.59 Å². The number of rotatable bonds is 7. The highest BCUT2D eigenvalue weighted by Gasteiger charge is 2.16. The van der Waals surface area contributed by atoms with Gasteiger partial charge in [-0.15, -0.1) is 0 Å². The molecule has 0 saturated heterocycles. The number of hydrogen-bond donors (Lipinski definition) is 2. The average molecular weight is 374 g/mol. The maximum Gasteiger partial charge on any atom is 0.349 e. The molecule has 0 aliphatic rings. The lowest BCUT2D eigenvalue weighted by Crippen LogP contribution is -2.44. The van der Waals surface area contributed by atoms with Crippen molar-refractivity contribution in [3.05, 3.63) is 28.6 Å². The van der Waals surface area contributed by atoms with Crippen molar-refractivity contribution < 1.29 is 19.1 Å². The van der Waals surface area contributed by atoms with E-state index in [4.69, 9.17) is 4.74 Å². The lowest BCUT2D eigenvalue weighted by Gasteiger charge is -2.09. The van der Waals surface area contributed by atoms with Crippen molar-refractivity contribution in [1.82, 2.24) is 15.2 Å². The fourth-order valence-electron chi connectivity index (χ4n) is 2.50. The second-order valence-electron chi connectivity index (χ2n) is 6.40. The summed E-state index contributed by atoms with van der Waals surface area (Å²) in [6.45, 7) is 9.61. The van der Waals surface area contributed by atoms with Gasteiger partial charge in [0.15, 0.2) is 6.61 Å². The Morgan fingerprint density at radius 1 is 1.33 bits per heavy atom. The van der Waals surface area contributed by atoms with E-state index in [0.29, 0.717) is 0 Å². The molecule has 146 valence electrons. The fraction of sp³-hybridized carbons (Fsp3) is 0.474. The number of amides is 3. The summed E-state index contributed by atoms with van der Waals surface area (Å²) in [5, 5.41) is 13.8. The highest BCUT2D eigenvalue weighted by molar-refractivity contribution is 6.00. The third kappa shape index (κ3) is 6.62. The molecule has 3 amide bonds. The molecule has 2 N–H and O–H groups in total. The average Bonchev–Trinajstić information content (AvgIpc) is 2.84. The smallest absolute Gasteiger partial charge is 0.349 e. The third-order valence-electron chi connectivity index (χ3n) is 3.71. The number of aromatic nitrogens is 1. The molecule has 0 spiro atoms. The van der Waals surface area contributed by atoms with E-state index in [1.165, 1.54) is 6.08 Å². The van der Waals surface area contributed by atoms with Crippen LogP contribution in [0.5, 0.6) is 0 Å². The lowest BCUT2D eigenvalue weighted by molar-refractivity contribution is -0.144. The van der Waals surface area contributed by atoms with Crippen LogP contribution in [0.1, 0.15) is 44.1 Å². The van der Waals surface area contributed by atoms with Crippen LogP contribution in [0.4, 0.5) is 4.79 Å². The summed E-state index contributed by atoms with van der Waals surface area (Å²) >= 11 is 0. The molecule has 8 heteroatoms. The zero-order valence-electron chi connectivity index (χ0n) is 16.4. The van der Waals surface area contributed by atoms with Gasteiger partial charge in [-0.2, -0.15) is 5.26 Å². The topological polar surface area (TPSA) is 113 Å². The van der Waals surface area contributed by atoms with E-state index in [-0.39, 0.29) is 11.6 Å². The third-order valence-corrected chi connectivity index (χ3v) is 3.71. The van der Waals surface area contributed by atoms with E-state index in [1.807, 2.05) is 25.2 Å². The van der Waals surface area contributed by atoms with Gasteiger partial charge in [0, 0.05) is 24.0 Å². The molecule has 0 unspecified atom stereocenters. The highest BCUT2D eigenvalue weighted by Crippen LogP contribution is 2.19. The largest absolute Gasteiger partial charge is 0.451 e. The summed E-state index contributed by atoms with van der Waals surface area (Å²) in [5.74, 6) is -1.70. The Labute approximate surface area is 159 Å². The van der Waals surface area contributed by atoms with Crippen LogP contribution in [0.15, 0.2) is 11.6 Å². The first-order valence-electron chi connectivity index (χ1n) is 8.75. The Bertz CT molecular complexity index is 784. The normalized spacial score (nSPS) is 11.1. The van der Waals surface area contributed by atoms with Gasteiger partial charge < -0.3 is 14.6 Å². The Hall–Kier alpha value is -3.08. The Balaban J connectivity index is 2.77. The number of urea groups is 1. The monoisotopic (exact) mass is 374 g/mol. The molecular weight excluding hydrogens is 348 g/mol. The summed E-state index contributed by atoms with van der Waals surface area (Å²) < 4.78 is 6.93. The number of ether oxygens (including phenoxy) is 1. The molecule has 0 saturated carbocycles. The molecule has 0 atom stereocenters. The quantitative estimate of drug-likeness (QED) is 0.431. The number of nitrogens with zero attached hydrogens (tertiary/aromatic N) is 2. The number of esters is 1. The Morgan fingerprint density at radius 2 is 2.00 bits per heavy atom. The number of carbonyl (C=O) groups excluding carboxylic acids is 3. The minimum Gasteiger partial charge on any atom is -0.451 e. The number of aryl methyl sites for hydroxylation is 1. The first-order chi connectivity index (χ1) is 12.7. The predicted octanol–water partition coefficient (Wildman–Crippen LogP) is 2.20. The molecule has 0 bridgehead atoms. The van der Waals surface area contributed by atoms with Crippen molar-refractivity contribution in [3.63, 3.8) is 0 Å². The van der Waals surface area contributed by atoms with Crippen LogP contribution >= 0.6 is 0 Å². The molecule has 0 fully saturated rings. The van der Waals surface area contributed by atoms with E-state index < -0.39 is 24.5 Å². The maximum absolute atomic E-state index is 12.1. The van der Waals surface area contributed by atoms with Crippen LogP contribution in [0.2, 0.25) is 0 Å². The molecule has 0 aliphatic carbocycles. The van der Waals surface area contributed by atoms with E-state index in [0.717, 1.165) is 29.9 Å². The van der Waals surface area contributed by atoms with Crippen molar-refractivity contribution in [1.29, 1.82) is 5.26 Å². The minimum atomic E-state index is -0.919. The van der Waals surface area contributed by atoms with Gasteiger partial charge in [-0.3, -0.25) is 10.1 Å². The first kappa shape index (κ1) is 22.0. The summed E-state index contributed by atoms with van der Waals surface area (Å²) in [4.78, 5) is 35.1. The minimum absolute atomic E-state index is 0.139. The van der Waals surface area contributed by atoms with Gasteiger partial charge in [0.2, 0.25) is 0 Å². The maximum atomic E-state index is 12.1. The molecule has 8 nitrogen and oxygen atoms in total. The summed E-state index contributed by atoms with van der Waals surface area (Å²) in [7, 11) is 0. The van der Waals surface area contributed by atoms with Crippen molar-refractivity contribution >= 4 is 24.0 Å². The molecule has 1 heterocycles. The number of hydrogen-bond acceptors (Lipinski definition) is 5. The molecule has 1 aromatic heterocycles. The van der Waals surface area contributed by atoms with Crippen molar-refractivity contribution in [2.24, 2.45) is 0 Å². The molecule has 0 aromatic carbocycles. The van der Waals surface area contributed by atoms with Gasteiger partial charge in [-0.1, -0.05) is 6.92 Å². The standard InChI is InChI=1S/C19H26N4O4/c1-6-7-23-13(4)8-15(14(23)5)9-16(10-20)18(25)27-11-17(24)22-19(26)21-12(2)3/h8-9,12H,6-7,11H2,1-5H3,(H2,21,22,24,26). The molecule has 0 radical (unpaired) electrons. The van der Waals surface area contributed by atoms with Crippen molar-refractivity contribution in [2.75, 3.05) is 6.61 Å². The number of imide groups is 1. The van der Waals surface area contributed by atoms with E-state index >= 15 is 0 Å². The number of carbonyl (C=O) groups is 3. The van der Waals surface area contributed by atoms with Gasteiger partial charge in [0.25, 0.3) is 5.91 Å². The second-order valence-corrected chi connectivity index (χ2v) is 6.40. The van der Waals surface area contributed by atoms with E-state index in [9.17, 15) is 19.6 Å². The molecule has 1 rings (SSSR count). The molecule has 0 aliphatic heterocycles. The van der Waals surface area contributed by atoms with Gasteiger partial charge in [-0.05, 0) is 51.8 Å². The van der Waals surface area contributed by atoms with E-state index in [2.05, 4.69) is 16.8 Å². The van der Waals surface area contributed by atoms with Crippen LogP contribution in [-0.4, -0.2) is 35.1 Å². The van der Waals surface area contributed by atoms with Crippen LogP contribution in [0.25, 0.3) is 6.08 Å². The first-order valence-corrected chi connectivity index (χ1v) is 8.75. The van der Waals surface area contributed by atoms with Crippen LogP contribution in [-0.2, 0) is 20.9 Å². The highest BCUT2D eigenvalue weighted by atomic mass is 16.5. The van der Waals surface area contributed by atoms with Gasteiger partial charge >= 0.3 is 12.0 Å². The Kier molecular flexibility index (Phi) is 8.27. The van der Waals surface area contributed by atoms with Crippen LogP contribution < -0.4 is 10.6 Å².